The van der Waals surface area contributed by atoms with Crippen molar-refractivity contribution in [3.63, 3.8) is 0 Å². The van der Waals surface area contributed by atoms with Crippen LogP contribution in [0, 0.1) is 0 Å². The summed E-state index contributed by atoms with van der Waals surface area (Å²) in [5.74, 6) is 1.68. The third-order valence-electron chi connectivity index (χ3n) is 7.24. The minimum absolute atomic E-state index is 0.0578. The van der Waals surface area contributed by atoms with Gasteiger partial charge in [0, 0.05) is 37.1 Å². The molecule has 1 atom stereocenters. The largest absolute Gasteiger partial charge is 0.494 e. The second kappa shape index (κ2) is 10.1. The first-order valence-electron chi connectivity index (χ1n) is 13.1. The maximum Gasteiger partial charge on any atom is 0.433 e. The van der Waals surface area contributed by atoms with Crippen molar-refractivity contribution in [1.82, 2.24) is 24.8 Å². The van der Waals surface area contributed by atoms with Crippen LogP contribution in [0.25, 0.3) is 39.1 Å². The van der Waals surface area contributed by atoms with Crippen LogP contribution >= 0.6 is 0 Å². The molecule has 4 heterocycles. The number of nitrogens with zero attached hydrogens (tertiary/aromatic N) is 5. The number of methoxy groups -OCH3 is 1. The third kappa shape index (κ3) is 4.84. The lowest BCUT2D eigenvalue weighted by Gasteiger charge is -2.36. The molecule has 1 saturated heterocycles. The first kappa shape index (κ1) is 26.6. The molecule has 2 aromatic carbocycles. The Labute approximate surface area is 233 Å². The van der Waals surface area contributed by atoms with Gasteiger partial charge in [0.15, 0.2) is 5.76 Å². The summed E-state index contributed by atoms with van der Waals surface area (Å²) < 4.78 is 51.6. The second-order valence-corrected chi connectivity index (χ2v) is 9.92. The number of nitrogens with one attached hydrogen (secondary N) is 1. The Morgan fingerprint density at radius 2 is 1.80 bits per heavy atom. The zero-order chi connectivity index (χ0) is 28.9. The van der Waals surface area contributed by atoms with Crippen LogP contribution in [0.1, 0.15) is 30.1 Å². The number of ether oxygens (including phenoxy) is 1. The van der Waals surface area contributed by atoms with Crippen LogP contribution in [0.2, 0.25) is 0 Å². The van der Waals surface area contributed by atoms with Crippen molar-refractivity contribution in [3.8, 4) is 17.2 Å². The molecule has 0 saturated carbocycles. The molecule has 41 heavy (non-hydrogen) atoms. The molecule has 9 nitrogen and oxygen atoms in total. The summed E-state index contributed by atoms with van der Waals surface area (Å²) in [6, 6.07) is 12.9. The number of imidazole rings is 1. The van der Waals surface area contributed by atoms with Gasteiger partial charge in [0.2, 0.25) is 11.8 Å². The Kier molecular flexibility index (Phi) is 6.57. The fourth-order valence-electron chi connectivity index (χ4n) is 5.09. The number of hydrogen-bond donors (Lipinski definition) is 2. The average molecular weight is 564 g/mol. The van der Waals surface area contributed by atoms with Gasteiger partial charge in [-0.2, -0.15) is 13.2 Å². The van der Waals surface area contributed by atoms with Crippen LogP contribution in [0.5, 0.6) is 5.75 Å². The van der Waals surface area contributed by atoms with Crippen molar-refractivity contribution in [2.45, 2.75) is 19.1 Å². The minimum atomic E-state index is -4.60. The van der Waals surface area contributed by atoms with Gasteiger partial charge in [-0.1, -0.05) is 18.7 Å². The highest BCUT2D eigenvalue weighted by molar-refractivity contribution is 5.96. The number of anilines is 1. The van der Waals surface area contributed by atoms with E-state index in [1.165, 1.54) is 13.2 Å². The van der Waals surface area contributed by atoms with Gasteiger partial charge in [-0.3, -0.25) is 0 Å². The van der Waals surface area contributed by atoms with Crippen molar-refractivity contribution in [2.75, 3.05) is 38.2 Å². The molecule has 212 valence electrons. The van der Waals surface area contributed by atoms with Gasteiger partial charge in [0.05, 0.1) is 29.9 Å². The molecule has 5 aromatic rings. The Hall–Kier alpha value is -4.58. The highest BCUT2D eigenvalue weighted by Crippen LogP contribution is 2.38. The van der Waals surface area contributed by atoms with E-state index in [0.29, 0.717) is 54.3 Å². The number of aromatic amines is 1. The van der Waals surface area contributed by atoms with E-state index in [2.05, 4.69) is 26.3 Å². The van der Waals surface area contributed by atoms with Gasteiger partial charge >= 0.3 is 6.18 Å². The summed E-state index contributed by atoms with van der Waals surface area (Å²) >= 11 is 0. The molecule has 6 rings (SSSR count). The fraction of sp³-hybridized carbons (Fsp3) is 0.276. The van der Waals surface area contributed by atoms with Gasteiger partial charge in [-0.25, -0.2) is 15.0 Å². The summed E-state index contributed by atoms with van der Waals surface area (Å²) in [7, 11) is 1.38. The lowest BCUT2D eigenvalue weighted by Crippen LogP contribution is -2.45. The first-order chi connectivity index (χ1) is 19.6. The Bertz CT molecular complexity index is 1720. The van der Waals surface area contributed by atoms with Gasteiger partial charge in [-0.15, -0.1) is 0 Å². The van der Waals surface area contributed by atoms with Crippen molar-refractivity contribution in [2.24, 2.45) is 5.73 Å². The zero-order valence-corrected chi connectivity index (χ0v) is 22.5. The van der Waals surface area contributed by atoms with Crippen LogP contribution in [0.4, 0.5) is 19.1 Å². The first-order valence-corrected chi connectivity index (χ1v) is 13.1. The molecule has 0 aliphatic carbocycles. The number of hydrogen-bond acceptors (Lipinski definition) is 8. The number of piperazine rings is 1. The standard InChI is InChI=1S/C29H28F3N7O2/c1-16(33)26-24(17(2)38-12-14-39(15-13-38)28-34-20-6-4-5-7-21(20)35-28)37-27(41-26)19-8-10-22(40-3)25-18(19)9-11-23(36-25)29(30,31)32/h4-11,16H,2,12-15,33H2,1,3H3,(H,34,35). The van der Waals surface area contributed by atoms with Crippen molar-refractivity contribution >= 4 is 33.6 Å². The lowest BCUT2D eigenvalue weighted by atomic mass is 10.1. The molecule has 1 aliphatic heterocycles. The van der Waals surface area contributed by atoms with Gasteiger partial charge in [0.1, 0.15) is 22.7 Å². The van der Waals surface area contributed by atoms with Crippen LogP contribution < -0.4 is 15.4 Å². The fourth-order valence-corrected chi connectivity index (χ4v) is 5.09. The van der Waals surface area contributed by atoms with Crippen LogP contribution in [0.15, 0.2) is 59.5 Å². The smallest absolute Gasteiger partial charge is 0.433 e. The number of rotatable bonds is 6. The number of pyridine rings is 1. The number of fused-ring (bicyclic) bond motifs is 2. The molecule has 12 heteroatoms. The van der Waals surface area contributed by atoms with Gasteiger partial charge < -0.3 is 29.7 Å². The molecule has 1 unspecified atom stereocenters. The van der Waals surface area contributed by atoms with Crippen molar-refractivity contribution in [3.05, 3.63) is 72.3 Å². The Balaban J connectivity index is 1.29. The summed E-state index contributed by atoms with van der Waals surface area (Å²) in [6.07, 6.45) is -4.60. The highest BCUT2D eigenvalue weighted by atomic mass is 19.4. The predicted molar refractivity (Wildman–Crippen MR) is 150 cm³/mol. The van der Waals surface area contributed by atoms with E-state index in [1.54, 1.807) is 19.1 Å². The quantitative estimate of drug-likeness (QED) is 0.275. The molecule has 1 aliphatic rings. The molecule has 0 amide bonds. The predicted octanol–water partition coefficient (Wildman–Crippen LogP) is 5.61. The minimum Gasteiger partial charge on any atom is -0.494 e. The Morgan fingerprint density at radius 1 is 1.05 bits per heavy atom. The number of nitrogens with two attached hydrogens (primary N) is 1. The number of halogens is 3. The summed E-state index contributed by atoms with van der Waals surface area (Å²) in [6.45, 7) is 8.87. The molecule has 0 spiro atoms. The van der Waals surface area contributed by atoms with E-state index in [-0.39, 0.29) is 17.2 Å². The van der Waals surface area contributed by atoms with Crippen LogP contribution in [-0.2, 0) is 6.18 Å². The summed E-state index contributed by atoms with van der Waals surface area (Å²) in [4.78, 5) is 21.0. The highest BCUT2D eigenvalue weighted by Gasteiger charge is 2.33. The monoisotopic (exact) mass is 563 g/mol. The molecule has 1 fully saturated rings. The molecular formula is C29H28F3N7O2. The topological polar surface area (TPSA) is 109 Å². The maximum absolute atomic E-state index is 13.4. The van der Waals surface area contributed by atoms with E-state index in [0.717, 1.165) is 23.0 Å². The van der Waals surface area contributed by atoms with Crippen molar-refractivity contribution in [1.29, 1.82) is 0 Å². The van der Waals surface area contributed by atoms with E-state index in [4.69, 9.17) is 24.9 Å². The maximum atomic E-state index is 13.4. The van der Waals surface area contributed by atoms with E-state index >= 15 is 0 Å². The summed E-state index contributed by atoms with van der Waals surface area (Å²) in [5, 5.41) is 0.409. The van der Waals surface area contributed by atoms with Gasteiger partial charge in [0.25, 0.3) is 0 Å². The number of benzene rings is 2. The molecule has 3 N–H and O–H groups in total. The molecule has 3 aromatic heterocycles. The Morgan fingerprint density at radius 3 is 2.49 bits per heavy atom. The second-order valence-electron chi connectivity index (χ2n) is 9.92. The number of aromatic nitrogens is 4. The van der Waals surface area contributed by atoms with E-state index in [9.17, 15) is 13.2 Å². The zero-order valence-electron chi connectivity index (χ0n) is 22.5. The number of alkyl halides is 3. The molecule has 0 bridgehead atoms. The number of H-pyrrole nitrogens is 1. The normalized spacial score (nSPS) is 15.1. The number of para-hydroxylation sites is 2. The van der Waals surface area contributed by atoms with Crippen LogP contribution in [0.3, 0.4) is 0 Å². The third-order valence-corrected chi connectivity index (χ3v) is 7.24. The van der Waals surface area contributed by atoms with E-state index in [1.807, 2.05) is 24.3 Å². The molecule has 0 radical (unpaired) electrons. The average Bonchev–Trinajstić information content (AvgIpc) is 3.61. The van der Waals surface area contributed by atoms with Gasteiger partial charge in [-0.05, 0) is 43.3 Å². The van der Waals surface area contributed by atoms with Crippen molar-refractivity contribution < 1.29 is 22.3 Å². The van der Waals surface area contributed by atoms with Crippen LogP contribution in [-0.4, -0.2) is 58.1 Å². The molecular weight excluding hydrogens is 535 g/mol. The number of oxazole rings is 1. The SMILES string of the molecule is C=C(c1nc(-c2ccc(OC)c3nc(C(F)(F)F)ccc23)oc1C(C)N)N1CCN(c2nc3ccccc3[nH]2)CC1. The van der Waals surface area contributed by atoms with E-state index < -0.39 is 17.9 Å². The summed E-state index contributed by atoms with van der Waals surface area (Å²) in [5.41, 5.74) is 8.85. The lowest BCUT2D eigenvalue weighted by molar-refractivity contribution is -0.140.